The van der Waals surface area contributed by atoms with Crippen LogP contribution in [0.1, 0.15) is 49.7 Å². The Morgan fingerprint density at radius 3 is 2.12 bits per heavy atom. The van der Waals surface area contributed by atoms with Gasteiger partial charge in [-0.1, -0.05) is 68.1 Å². The van der Waals surface area contributed by atoms with Gasteiger partial charge in [0.15, 0.2) is 0 Å². The molecule has 1 aliphatic rings. The van der Waals surface area contributed by atoms with Gasteiger partial charge in [-0.3, -0.25) is 0 Å². The minimum atomic E-state index is 0. The molecule has 0 unspecified atom stereocenters. The zero-order valence-electron chi connectivity index (χ0n) is 14.2. The monoisotopic (exact) mass is 344 g/mol. The van der Waals surface area contributed by atoms with Crippen LogP contribution in [0.2, 0.25) is 0 Å². The van der Waals surface area contributed by atoms with E-state index in [1.807, 2.05) is 18.2 Å². The fourth-order valence-electron chi connectivity index (χ4n) is 3.19. The topological polar surface area (TPSA) is 21.3 Å². The molecule has 0 aliphatic heterocycles. The molecule has 3 rings (SSSR count). The normalized spacial score (nSPS) is 15.3. The van der Waals surface area contributed by atoms with Crippen molar-refractivity contribution in [3.8, 4) is 5.75 Å². The molecule has 24 heavy (non-hydrogen) atoms. The van der Waals surface area contributed by atoms with Crippen molar-refractivity contribution < 1.29 is 17.1 Å². The molecule has 3 heteroatoms. The number of benzene rings is 2. The van der Waals surface area contributed by atoms with E-state index in [-0.39, 0.29) is 12.4 Å². The fraction of sp³-hybridized carbons (Fsp3) is 0.429. The summed E-state index contributed by atoms with van der Waals surface area (Å²) in [6.45, 7) is 1.59. The van der Waals surface area contributed by atoms with Gasteiger partial charge in [-0.25, -0.2) is 0 Å². The highest BCUT2D eigenvalue weighted by Gasteiger charge is 2.11. The molecular formula is C21H27ClNO-. The summed E-state index contributed by atoms with van der Waals surface area (Å²) in [5, 5.41) is 3.71. The predicted molar refractivity (Wildman–Crippen MR) is 95.5 cm³/mol. The first-order valence-electron chi connectivity index (χ1n) is 8.89. The molecular weight excluding hydrogens is 318 g/mol. The minimum absolute atomic E-state index is 0. The molecule has 0 spiro atoms. The first-order chi connectivity index (χ1) is 11.4. The van der Waals surface area contributed by atoms with Gasteiger partial charge in [0, 0.05) is 12.6 Å². The third-order valence-corrected chi connectivity index (χ3v) is 4.62. The Bertz CT molecular complexity index is 562. The molecule has 130 valence electrons. The summed E-state index contributed by atoms with van der Waals surface area (Å²) in [5.41, 5.74) is 2.54. The van der Waals surface area contributed by atoms with Gasteiger partial charge in [0.25, 0.3) is 0 Å². The van der Waals surface area contributed by atoms with Crippen LogP contribution in [0.4, 0.5) is 0 Å². The van der Waals surface area contributed by atoms with Crippen molar-refractivity contribution in [2.24, 2.45) is 0 Å². The fourth-order valence-corrected chi connectivity index (χ4v) is 3.19. The van der Waals surface area contributed by atoms with Crippen LogP contribution in [0.15, 0.2) is 54.6 Å². The van der Waals surface area contributed by atoms with E-state index in [0.717, 1.165) is 12.3 Å². The second kappa shape index (κ2) is 10.4. The molecule has 0 saturated heterocycles. The molecule has 0 bridgehead atoms. The second-order valence-electron chi connectivity index (χ2n) is 6.49. The van der Waals surface area contributed by atoms with Crippen LogP contribution in [-0.2, 0) is 13.2 Å². The SMILES string of the molecule is [Cl-].c1ccc(COc2ccc(CNC3CCCCCC3)cc2)cc1. The maximum absolute atomic E-state index is 5.84. The van der Waals surface area contributed by atoms with Crippen molar-refractivity contribution >= 4 is 0 Å². The quantitative estimate of drug-likeness (QED) is 0.810. The Morgan fingerprint density at radius 1 is 0.792 bits per heavy atom. The van der Waals surface area contributed by atoms with Gasteiger partial charge in [0.05, 0.1) is 0 Å². The number of nitrogens with one attached hydrogen (secondary N) is 1. The van der Waals surface area contributed by atoms with E-state index in [4.69, 9.17) is 4.74 Å². The molecule has 1 saturated carbocycles. The Labute approximate surface area is 152 Å². The zero-order chi connectivity index (χ0) is 15.7. The highest BCUT2D eigenvalue weighted by molar-refractivity contribution is 5.27. The van der Waals surface area contributed by atoms with Crippen LogP contribution in [0.3, 0.4) is 0 Å². The van der Waals surface area contributed by atoms with Gasteiger partial charge in [0.2, 0.25) is 0 Å². The van der Waals surface area contributed by atoms with Crippen molar-refractivity contribution in [1.82, 2.24) is 5.32 Å². The summed E-state index contributed by atoms with van der Waals surface area (Å²) in [6.07, 6.45) is 8.24. The summed E-state index contributed by atoms with van der Waals surface area (Å²) < 4.78 is 5.84. The maximum Gasteiger partial charge on any atom is 0.119 e. The second-order valence-corrected chi connectivity index (χ2v) is 6.49. The average molecular weight is 345 g/mol. The van der Waals surface area contributed by atoms with Gasteiger partial charge in [-0.15, -0.1) is 0 Å². The molecule has 0 heterocycles. The van der Waals surface area contributed by atoms with Crippen LogP contribution in [0.5, 0.6) is 5.75 Å². The van der Waals surface area contributed by atoms with Crippen molar-refractivity contribution in [3.05, 3.63) is 65.7 Å². The molecule has 0 amide bonds. The lowest BCUT2D eigenvalue weighted by Crippen LogP contribution is -3.00. The van der Waals surface area contributed by atoms with E-state index >= 15 is 0 Å². The highest BCUT2D eigenvalue weighted by atomic mass is 35.5. The molecule has 1 fully saturated rings. The molecule has 1 aliphatic carbocycles. The van der Waals surface area contributed by atoms with Crippen LogP contribution >= 0.6 is 0 Å². The molecule has 2 nitrogen and oxygen atoms in total. The summed E-state index contributed by atoms with van der Waals surface area (Å²) in [5.74, 6) is 0.937. The Hall–Kier alpha value is -1.51. The molecule has 2 aromatic carbocycles. The molecule has 0 aromatic heterocycles. The van der Waals surface area contributed by atoms with Gasteiger partial charge in [0.1, 0.15) is 12.4 Å². The Kier molecular flexibility index (Phi) is 8.14. The van der Waals surface area contributed by atoms with Crippen LogP contribution in [0.25, 0.3) is 0 Å². The lowest BCUT2D eigenvalue weighted by Gasteiger charge is -2.16. The van der Waals surface area contributed by atoms with Crippen LogP contribution < -0.4 is 22.5 Å². The summed E-state index contributed by atoms with van der Waals surface area (Å²) in [7, 11) is 0. The third kappa shape index (κ3) is 6.18. The van der Waals surface area contributed by atoms with E-state index in [1.54, 1.807) is 0 Å². The summed E-state index contributed by atoms with van der Waals surface area (Å²) >= 11 is 0. The van der Waals surface area contributed by atoms with Crippen LogP contribution in [-0.4, -0.2) is 6.04 Å². The lowest BCUT2D eigenvalue weighted by molar-refractivity contribution is -0.00000515. The van der Waals surface area contributed by atoms with Crippen molar-refractivity contribution in [2.45, 2.75) is 57.7 Å². The lowest BCUT2D eigenvalue weighted by atomic mass is 10.1. The smallest absolute Gasteiger partial charge is 0.119 e. The standard InChI is InChI=1S/C21H27NO.ClH/c1-2-7-11-20(10-6-1)22-16-18-12-14-21(15-13-18)23-17-19-8-4-3-5-9-19;/h3-5,8-9,12-15,20,22H,1-2,6-7,10-11,16-17H2;1H/p-1. The molecule has 1 N–H and O–H groups in total. The zero-order valence-corrected chi connectivity index (χ0v) is 15.0. The van der Waals surface area contributed by atoms with E-state index < -0.39 is 0 Å². The van der Waals surface area contributed by atoms with E-state index in [0.29, 0.717) is 12.6 Å². The third-order valence-electron chi connectivity index (χ3n) is 4.62. The number of halogens is 1. The summed E-state index contributed by atoms with van der Waals surface area (Å²) in [6, 6.07) is 19.5. The Balaban J connectivity index is 0.00000208. The Morgan fingerprint density at radius 2 is 1.46 bits per heavy atom. The van der Waals surface area contributed by atoms with E-state index in [1.165, 1.54) is 49.7 Å². The van der Waals surface area contributed by atoms with Crippen molar-refractivity contribution in [1.29, 1.82) is 0 Å². The first-order valence-corrected chi connectivity index (χ1v) is 8.89. The number of hydrogen-bond donors (Lipinski definition) is 1. The first kappa shape index (κ1) is 18.8. The average Bonchev–Trinajstić information content (AvgIpc) is 2.89. The van der Waals surface area contributed by atoms with Crippen molar-refractivity contribution in [3.63, 3.8) is 0 Å². The molecule has 2 aromatic rings. The maximum atomic E-state index is 5.84. The van der Waals surface area contributed by atoms with Gasteiger partial charge >= 0.3 is 0 Å². The van der Waals surface area contributed by atoms with Gasteiger partial charge in [-0.2, -0.15) is 0 Å². The largest absolute Gasteiger partial charge is 1.00 e. The number of hydrogen-bond acceptors (Lipinski definition) is 2. The summed E-state index contributed by atoms with van der Waals surface area (Å²) in [4.78, 5) is 0. The molecule has 0 radical (unpaired) electrons. The van der Waals surface area contributed by atoms with Gasteiger partial charge < -0.3 is 22.5 Å². The minimum Gasteiger partial charge on any atom is -1.00 e. The van der Waals surface area contributed by atoms with E-state index in [2.05, 4.69) is 41.7 Å². The van der Waals surface area contributed by atoms with Crippen molar-refractivity contribution in [2.75, 3.05) is 0 Å². The number of rotatable bonds is 6. The predicted octanol–water partition coefficient (Wildman–Crippen LogP) is 2.08. The van der Waals surface area contributed by atoms with E-state index in [9.17, 15) is 0 Å². The van der Waals surface area contributed by atoms with Gasteiger partial charge in [-0.05, 0) is 36.1 Å². The number of ether oxygens (including phenoxy) is 1. The molecule has 0 atom stereocenters. The highest BCUT2D eigenvalue weighted by Crippen LogP contribution is 2.18. The van der Waals surface area contributed by atoms with Crippen LogP contribution in [0, 0.1) is 0 Å².